The lowest BCUT2D eigenvalue weighted by molar-refractivity contribution is 0.102. The van der Waals surface area contributed by atoms with E-state index in [1.807, 2.05) is 0 Å². The lowest BCUT2D eigenvalue weighted by Crippen LogP contribution is -2.02. The van der Waals surface area contributed by atoms with Crippen molar-refractivity contribution < 1.29 is 17.6 Å². The Balaban J connectivity index is 2.00. The second-order valence-electron chi connectivity index (χ2n) is 4.46. The van der Waals surface area contributed by atoms with Crippen molar-refractivity contribution in [3.05, 3.63) is 59.9 Å². The Hall–Kier alpha value is -1.66. The first kappa shape index (κ1) is 15.7. The van der Waals surface area contributed by atoms with Crippen LogP contribution in [0.2, 0.25) is 0 Å². The summed E-state index contributed by atoms with van der Waals surface area (Å²) in [7, 11) is -3.21. The van der Waals surface area contributed by atoms with Gasteiger partial charge in [-0.3, -0.25) is 4.79 Å². The summed E-state index contributed by atoms with van der Waals surface area (Å²) < 4.78 is 35.4. The molecule has 2 rings (SSSR count). The van der Waals surface area contributed by atoms with Crippen LogP contribution in [0, 0.1) is 5.82 Å². The number of thioether (sulfide) groups is 1. The van der Waals surface area contributed by atoms with E-state index in [-0.39, 0.29) is 22.2 Å². The molecule has 3 nitrogen and oxygen atoms in total. The van der Waals surface area contributed by atoms with Gasteiger partial charge in [0.1, 0.15) is 5.82 Å². The molecule has 0 atom stereocenters. The van der Waals surface area contributed by atoms with E-state index >= 15 is 0 Å². The van der Waals surface area contributed by atoms with Gasteiger partial charge >= 0.3 is 0 Å². The maximum atomic E-state index is 12.8. The molecule has 0 aliphatic rings. The second-order valence-corrected chi connectivity index (χ2v) is 7.53. The average molecular weight is 324 g/mol. The summed E-state index contributed by atoms with van der Waals surface area (Å²) in [6.45, 7) is 0. The van der Waals surface area contributed by atoms with E-state index in [9.17, 15) is 17.6 Å². The number of carbonyl (C=O) groups excluding carboxylic acids is 1. The van der Waals surface area contributed by atoms with Crippen LogP contribution in [0.3, 0.4) is 0 Å². The SMILES string of the molecule is CS(=O)(=O)c1ccc(SCC(=O)c2ccc(F)cc2)cc1. The van der Waals surface area contributed by atoms with Crippen LogP contribution in [-0.4, -0.2) is 26.2 Å². The van der Waals surface area contributed by atoms with Crippen molar-refractivity contribution in [3.8, 4) is 0 Å². The number of sulfone groups is 1. The zero-order valence-electron chi connectivity index (χ0n) is 11.2. The van der Waals surface area contributed by atoms with Gasteiger partial charge < -0.3 is 0 Å². The van der Waals surface area contributed by atoms with Crippen molar-refractivity contribution in [1.82, 2.24) is 0 Å². The molecule has 0 spiro atoms. The summed E-state index contributed by atoms with van der Waals surface area (Å²) in [6.07, 6.45) is 1.15. The van der Waals surface area contributed by atoms with Gasteiger partial charge in [-0.1, -0.05) is 0 Å². The third kappa shape index (κ3) is 4.41. The molecule has 0 heterocycles. The quantitative estimate of drug-likeness (QED) is 0.626. The molecule has 2 aromatic rings. The minimum absolute atomic E-state index is 0.104. The molecule has 0 aliphatic carbocycles. The van der Waals surface area contributed by atoms with Gasteiger partial charge in [0.25, 0.3) is 0 Å². The average Bonchev–Trinajstić information content (AvgIpc) is 2.45. The number of carbonyl (C=O) groups is 1. The second kappa shape index (κ2) is 6.41. The van der Waals surface area contributed by atoms with Crippen LogP contribution in [0.15, 0.2) is 58.3 Å². The van der Waals surface area contributed by atoms with Gasteiger partial charge in [0.2, 0.25) is 0 Å². The fourth-order valence-corrected chi connectivity index (χ4v) is 3.07. The first-order valence-electron chi connectivity index (χ1n) is 6.08. The minimum Gasteiger partial charge on any atom is -0.293 e. The molecule has 0 fully saturated rings. The highest BCUT2D eigenvalue weighted by Crippen LogP contribution is 2.21. The maximum absolute atomic E-state index is 12.8. The van der Waals surface area contributed by atoms with E-state index < -0.39 is 9.84 Å². The molecule has 0 aliphatic heterocycles. The highest BCUT2D eigenvalue weighted by Gasteiger charge is 2.09. The molecule has 6 heteroatoms. The van der Waals surface area contributed by atoms with E-state index in [2.05, 4.69) is 0 Å². The van der Waals surface area contributed by atoms with Crippen molar-refractivity contribution in [2.45, 2.75) is 9.79 Å². The van der Waals surface area contributed by atoms with Gasteiger partial charge in [-0.05, 0) is 48.5 Å². The predicted molar refractivity (Wildman–Crippen MR) is 81.0 cm³/mol. The van der Waals surface area contributed by atoms with Crippen LogP contribution in [0.4, 0.5) is 4.39 Å². The number of benzene rings is 2. The van der Waals surface area contributed by atoms with Crippen molar-refractivity contribution in [2.24, 2.45) is 0 Å². The van der Waals surface area contributed by atoms with Gasteiger partial charge in [-0.25, -0.2) is 12.8 Å². The van der Waals surface area contributed by atoms with E-state index in [0.717, 1.165) is 11.2 Å². The molecule has 21 heavy (non-hydrogen) atoms. The third-order valence-corrected chi connectivity index (χ3v) is 4.93. The summed E-state index contributed by atoms with van der Waals surface area (Å²) in [5.41, 5.74) is 0.455. The first-order chi connectivity index (χ1) is 9.86. The van der Waals surface area contributed by atoms with Crippen LogP contribution in [-0.2, 0) is 9.84 Å². The lowest BCUT2D eigenvalue weighted by atomic mass is 10.1. The number of hydrogen-bond acceptors (Lipinski definition) is 4. The number of ketones is 1. The van der Waals surface area contributed by atoms with E-state index in [0.29, 0.717) is 5.56 Å². The monoisotopic (exact) mass is 324 g/mol. The lowest BCUT2D eigenvalue weighted by Gasteiger charge is -2.03. The summed E-state index contributed by atoms with van der Waals surface area (Å²) in [5, 5.41) is 0. The van der Waals surface area contributed by atoms with Gasteiger partial charge in [0, 0.05) is 16.7 Å². The molecular formula is C15H13FO3S2. The Morgan fingerprint density at radius 2 is 1.62 bits per heavy atom. The van der Waals surface area contributed by atoms with Gasteiger partial charge in [0.05, 0.1) is 10.6 Å². The van der Waals surface area contributed by atoms with E-state index in [4.69, 9.17) is 0 Å². The zero-order valence-corrected chi connectivity index (χ0v) is 12.9. The molecular weight excluding hydrogens is 311 g/mol. The van der Waals surface area contributed by atoms with E-state index in [1.165, 1.54) is 48.2 Å². The Labute approximate surface area is 127 Å². The van der Waals surface area contributed by atoms with Crippen molar-refractivity contribution in [2.75, 3.05) is 12.0 Å². The molecule has 0 amide bonds. The zero-order chi connectivity index (χ0) is 15.5. The summed E-state index contributed by atoms with van der Waals surface area (Å²) in [6, 6.07) is 11.8. The van der Waals surface area contributed by atoms with Gasteiger partial charge in [-0.2, -0.15) is 0 Å². The standard InChI is InChI=1S/C15H13FO3S2/c1-21(18,19)14-8-6-13(7-9-14)20-10-15(17)11-2-4-12(16)5-3-11/h2-9H,10H2,1H3. The fraction of sp³-hybridized carbons (Fsp3) is 0.133. The molecule has 0 bridgehead atoms. The number of rotatable bonds is 5. The smallest absolute Gasteiger partial charge is 0.175 e. The molecule has 0 radical (unpaired) electrons. The fourth-order valence-electron chi connectivity index (χ4n) is 1.65. The maximum Gasteiger partial charge on any atom is 0.175 e. The highest BCUT2D eigenvalue weighted by molar-refractivity contribution is 8.00. The van der Waals surface area contributed by atoms with Gasteiger partial charge in [-0.15, -0.1) is 11.8 Å². The molecule has 0 saturated heterocycles. The van der Waals surface area contributed by atoms with Crippen LogP contribution in [0.1, 0.15) is 10.4 Å². The van der Waals surface area contributed by atoms with Crippen LogP contribution in [0.25, 0.3) is 0 Å². The minimum atomic E-state index is -3.21. The van der Waals surface area contributed by atoms with Crippen LogP contribution in [0.5, 0.6) is 0 Å². The topological polar surface area (TPSA) is 51.2 Å². The predicted octanol–water partition coefficient (Wildman–Crippen LogP) is 3.20. The largest absolute Gasteiger partial charge is 0.293 e. The molecule has 110 valence electrons. The Bertz CT molecular complexity index is 735. The summed E-state index contributed by atoms with van der Waals surface area (Å²) >= 11 is 1.31. The first-order valence-corrected chi connectivity index (χ1v) is 8.95. The van der Waals surface area contributed by atoms with Gasteiger partial charge in [0.15, 0.2) is 15.6 Å². The Morgan fingerprint density at radius 1 is 1.05 bits per heavy atom. The molecule has 0 unspecified atom stereocenters. The molecule has 0 saturated carbocycles. The molecule has 0 aromatic heterocycles. The molecule has 2 aromatic carbocycles. The Kier molecular flexibility index (Phi) is 4.80. The van der Waals surface area contributed by atoms with Crippen molar-refractivity contribution in [1.29, 1.82) is 0 Å². The summed E-state index contributed by atoms with van der Waals surface area (Å²) in [5.74, 6) is -0.271. The van der Waals surface area contributed by atoms with Crippen molar-refractivity contribution >= 4 is 27.4 Å². The van der Waals surface area contributed by atoms with Crippen molar-refractivity contribution in [3.63, 3.8) is 0 Å². The number of Topliss-reactive ketones (excluding diaryl/α,β-unsaturated/α-hetero) is 1. The molecule has 0 N–H and O–H groups in total. The van der Waals surface area contributed by atoms with E-state index in [1.54, 1.807) is 12.1 Å². The normalized spacial score (nSPS) is 11.3. The third-order valence-electron chi connectivity index (χ3n) is 2.79. The Morgan fingerprint density at radius 3 is 2.14 bits per heavy atom. The number of hydrogen-bond donors (Lipinski definition) is 0. The van der Waals surface area contributed by atoms with Crippen LogP contribution >= 0.6 is 11.8 Å². The highest BCUT2D eigenvalue weighted by atomic mass is 32.2. The number of halogens is 1. The summed E-state index contributed by atoms with van der Waals surface area (Å²) in [4.78, 5) is 13.0. The van der Waals surface area contributed by atoms with Crippen LogP contribution < -0.4 is 0 Å².